The molecule has 1 aromatic rings. The maximum absolute atomic E-state index is 12.9. The monoisotopic (exact) mass is 368 g/mol. The fourth-order valence-electron chi connectivity index (χ4n) is 3.59. The van der Waals surface area contributed by atoms with Crippen LogP contribution in [0.3, 0.4) is 0 Å². The summed E-state index contributed by atoms with van der Waals surface area (Å²) in [4.78, 5) is 14.9. The quantitative estimate of drug-likeness (QED) is 0.825. The number of hydrogen-bond acceptors (Lipinski definition) is 5. The number of halogens is 1. The van der Waals surface area contributed by atoms with Crippen molar-refractivity contribution >= 4 is 21.9 Å². The zero-order chi connectivity index (χ0) is 18.0. The van der Waals surface area contributed by atoms with E-state index in [9.17, 15) is 17.6 Å². The van der Waals surface area contributed by atoms with Crippen molar-refractivity contribution in [1.82, 2.24) is 9.80 Å². The molecular formula is C17H21FN2O4S. The molecule has 2 atom stereocenters. The van der Waals surface area contributed by atoms with Crippen LogP contribution in [0.15, 0.2) is 30.3 Å². The van der Waals surface area contributed by atoms with Crippen LogP contribution in [0.1, 0.15) is 5.56 Å². The highest BCUT2D eigenvalue weighted by atomic mass is 32.2. The van der Waals surface area contributed by atoms with Crippen molar-refractivity contribution in [3.8, 4) is 0 Å². The van der Waals surface area contributed by atoms with Crippen LogP contribution in [0.5, 0.6) is 0 Å². The van der Waals surface area contributed by atoms with Crippen molar-refractivity contribution in [3.63, 3.8) is 0 Å². The summed E-state index contributed by atoms with van der Waals surface area (Å²) in [6.45, 7) is 1.61. The summed E-state index contributed by atoms with van der Waals surface area (Å²) in [7, 11) is -3.15. The van der Waals surface area contributed by atoms with Crippen molar-refractivity contribution in [3.05, 3.63) is 41.7 Å². The van der Waals surface area contributed by atoms with Gasteiger partial charge < -0.3 is 5.11 Å². The van der Waals surface area contributed by atoms with Gasteiger partial charge in [0.05, 0.1) is 18.1 Å². The number of aliphatic carboxylic acids is 1. The van der Waals surface area contributed by atoms with Crippen molar-refractivity contribution in [2.24, 2.45) is 0 Å². The molecular weight excluding hydrogens is 347 g/mol. The molecule has 0 saturated carbocycles. The highest BCUT2D eigenvalue weighted by molar-refractivity contribution is 7.91. The van der Waals surface area contributed by atoms with Gasteiger partial charge in [-0.3, -0.25) is 14.6 Å². The lowest BCUT2D eigenvalue weighted by atomic mass is 10.0. The Morgan fingerprint density at radius 1 is 1.16 bits per heavy atom. The molecule has 6 nitrogen and oxygen atoms in total. The topological polar surface area (TPSA) is 77.9 Å². The van der Waals surface area contributed by atoms with E-state index in [0.717, 1.165) is 5.56 Å². The van der Waals surface area contributed by atoms with Crippen LogP contribution in [0.25, 0.3) is 6.08 Å². The van der Waals surface area contributed by atoms with Gasteiger partial charge in [-0.05, 0) is 17.7 Å². The van der Waals surface area contributed by atoms with E-state index >= 15 is 0 Å². The Bertz CT molecular complexity index is 763. The smallest absolute Gasteiger partial charge is 0.317 e. The molecule has 2 heterocycles. The number of carboxylic acid groups (broad SMARTS) is 1. The molecule has 2 fully saturated rings. The second-order valence-corrected chi connectivity index (χ2v) is 8.68. The van der Waals surface area contributed by atoms with Crippen LogP contribution in [-0.2, 0) is 14.6 Å². The van der Waals surface area contributed by atoms with Gasteiger partial charge in [-0.1, -0.05) is 24.3 Å². The van der Waals surface area contributed by atoms with Gasteiger partial charge in [-0.2, -0.15) is 0 Å². The van der Waals surface area contributed by atoms with Gasteiger partial charge in [0.2, 0.25) is 0 Å². The molecule has 3 rings (SSSR count). The second-order valence-electron chi connectivity index (χ2n) is 6.52. The van der Waals surface area contributed by atoms with Crippen LogP contribution in [0.2, 0.25) is 0 Å². The van der Waals surface area contributed by atoms with Crippen LogP contribution < -0.4 is 0 Å². The molecule has 0 amide bonds. The van der Waals surface area contributed by atoms with Crippen LogP contribution in [0, 0.1) is 5.82 Å². The average Bonchev–Trinajstić information content (AvgIpc) is 2.86. The molecule has 25 heavy (non-hydrogen) atoms. The number of sulfone groups is 1. The maximum Gasteiger partial charge on any atom is 0.317 e. The first-order valence-corrected chi connectivity index (χ1v) is 9.99. The first kappa shape index (κ1) is 18.0. The standard InChI is InChI=1S/C17H21FN2O4S/c18-14-5-3-13(4-6-14)2-1-7-19-8-9-20(10-17(21)22)16-12-25(23,24)11-15(16)19/h1-6,15-16H,7-12H2,(H,21,22). The number of rotatable bonds is 5. The van der Waals surface area contributed by atoms with Gasteiger partial charge in [-0.25, -0.2) is 12.8 Å². The number of piperazine rings is 1. The Labute approximate surface area is 146 Å². The van der Waals surface area contributed by atoms with E-state index < -0.39 is 15.8 Å². The lowest BCUT2D eigenvalue weighted by Gasteiger charge is -2.42. The van der Waals surface area contributed by atoms with E-state index in [-0.39, 0.29) is 36.0 Å². The van der Waals surface area contributed by atoms with Gasteiger partial charge in [0.25, 0.3) is 0 Å². The average molecular weight is 368 g/mol. The Morgan fingerprint density at radius 3 is 2.40 bits per heavy atom. The lowest BCUT2D eigenvalue weighted by molar-refractivity contribution is -0.139. The van der Waals surface area contributed by atoms with Crippen molar-refractivity contribution in [2.75, 3.05) is 37.7 Å². The third kappa shape index (κ3) is 4.45. The van der Waals surface area contributed by atoms with Gasteiger partial charge in [0, 0.05) is 31.7 Å². The molecule has 2 unspecified atom stereocenters. The Balaban J connectivity index is 1.68. The molecule has 1 aromatic carbocycles. The summed E-state index contributed by atoms with van der Waals surface area (Å²) in [5.74, 6) is -1.14. The molecule has 2 aliphatic heterocycles. The fraction of sp³-hybridized carbons (Fsp3) is 0.471. The molecule has 0 radical (unpaired) electrons. The minimum atomic E-state index is -3.15. The van der Waals surface area contributed by atoms with Crippen LogP contribution >= 0.6 is 0 Å². The van der Waals surface area contributed by atoms with Crippen LogP contribution in [-0.4, -0.2) is 79.1 Å². The normalized spacial score (nSPS) is 26.8. The second kappa shape index (κ2) is 7.23. The first-order chi connectivity index (χ1) is 11.8. The number of carboxylic acids is 1. The molecule has 0 bridgehead atoms. The summed E-state index contributed by atoms with van der Waals surface area (Å²) < 4.78 is 37.0. The number of hydrogen-bond donors (Lipinski definition) is 1. The molecule has 1 N–H and O–H groups in total. The summed E-state index contributed by atoms with van der Waals surface area (Å²) >= 11 is 0. The predicted molar refractivity (Wildman–Crippen MR) is 92.4 cm³/mol. The number of fused-ring (bicyclic) bond motifs is 1. The third-order valence-corrected chi connectivity index (χ3v) is 6.46. The highest BCUT2D eigenvalue weighted by Gasteiger charge is 2.46. The third-order valence-electron chi connectivity index (χ3n) is 4.76. The molecule has 2 aliphatic rings. The van der Waals surface area contributed by atoms with Crippen molar-refractivity contribution in [2.45, 2.75) is 12.1 Å². The van der Waals surface area contributed by atoms with E-state index in [2.05, 4.69) is 4.90 Å². The highest BCUT2D eigenvalue weighted by Crippen LogP contribution is 2.26. The summed E-state index contributed by atoms with van der Waals surface area (Å²) in [5.41, 5.74) is 0.876. The van der Waals surface area contributed by atoms with E-state index in [1.54, 1.807) is 17.0 Å². The number of nitrogens with zero attached hydrogens (tertiary/aromatic N) is 2. The van der Waals surface area contributed by atoms with Crippen molar-refractivity contribution in [1.29, 1.82) is 0 Å². The fourth-order valence-corrected chi connectivity index (χ4v) is 5.63. The summed E-state index contributed by atoms with van der Waals surface area (Å²) in [5, 5.41) is 9.03. The summed E-state index contributed by atoms with van der Waals surface area (Å²) in [6, 6.07) is 5.69. The predicted octanol–water partition coefficient (Wildman–Crippen LogP) is 0.707. The number of carbonyl (C=O) groups is 1. The van der Waals surface area contributed by atoms with E-state index in [0.29, 0.717) is 19.6 Å². The lowest BCUT2D eigenvalue weighted by Crippen LogP contribution is -2.59. The van der Waals surface area contributed by atoms with E-state index in [1.165, 1.54) is 12.1 Å². The maximum atomic E-state index is 12.9. The van der Waals surface area contributed by atoms with Gasteiger partial charge in [0.1, 0.15) is 5.82 Å². The summed E-state index contributed by atoms with van der Waals surface area (Å²) in [6.07, 6.45) is 3.81. The minimum Gasteiger partial charge on any atom is -0.480 e. The van der Waals surface area contributed by atoms with Gasteiger partial charge >= 0.3 is 5.97 Å². The zero-order valence-electron chi connectivity index (χ0n) is 13.7. The molecule has 2 saturated heterocycles. The van der Waals surface area contributed by atoms with Crippen LogP contribution in [0.4, 0.5) is 4.39 Å². The Hall–Kier alpha value is -1.77. The SMILES string of the molecule is O=C(O)CN1CCN(CC=Cc2ccc(F)cc2)C2CS(=O)(=O)CC21. The molecule has 8 heteroatoms. The number of benzene rings is 1. The van der Waals surface area contributed by atoms with E-state index in [4.69, 9.17) is 5.11 Å². The molecule has 0 spiro atoms. The Kier molecular flexibility index (Phi) is 5.21. The first-order valence-electron chi connectivity index (χ1n) is 8.16. The van der Waals surface area contributed by atoms with Gasteiger partial charge in [0.15, 0.2) is 9.84 Å². The van der Waals surface area contributed by atoms with Crippen molar-refractivity contribution < 1.29 is 22.7 Å². The zero-order valence-corrected chi connectivity index (χ0v) is 14.5. The Morgan fingerprint density at radius 2 is 1.76 bits per heavy atom. The minimum absolute atomic E-state index is 0.0170. The van der Waals surface area contributed by atoms with E-state index in [1.807, 2.05) is 12.2 Å². The molecule has 136 valence electrons. The van der Waals surface area contributed by atoms with Gasteiger partial charge in [-0.15, -0.1) is 0 Å². The largest absolute Gasteiger partial charge is 0.480 e. The molecule has 0 aromatic heterocycles. The molecule has 0 aliphatic carbocycles.